The molecule has 0 saturated carbocycles. The van der Waals surface area contributed by atoms with E-state index in [0.29, 0.717) is 0 Å². The molecule has 0 aliphatic rings. The van der Waals surface area contributed by atoms with Crippen molar-refractivity contribution in [3.05, 3.63) is 176 Å². The summed E-state index contributed by atoms with van der Waals surface area (Å²) in [5.41, 5.74) is 11.0. The van der Waals surface area contributed by atoms with Crippen LogP contribution in [0.5, 0.6) is 0 Å². The fourth-order valence-electron chi connectivity index (χ4n) is 7.54. The molecule has 0 aliphatic heterocycles. The van der Waals surface area contributed by atoms with Crippen LogP contribution in [0.25, 0.3) is 91.8 Å². The van der Waals surface area contributed by atoms with Crippen molar-refractivity contribution in [2.75, 3.05) is 0 Å². The maximum Gasteiger partial charge on any atom is 0.0726 e. The van der Waals surface area contributed by atoms with E-state index in [9.17, 15) is 0 Å². The van der Waals surface area contributed by atoms with Gasteiger partial charge in [0.1, 0.15) is 0 Å². The summed E-state index contributed by atoms with van der Waals surface area (Å²) < 4.78 is 5.16. The lowest BCUT2D eigenvalue weighted by atomic mass is 9.96. The largest absolute Gasteiger partial charge is 0.308 e. The third-order valence-corrected chi connectivity index (χ3v) is 11.0. The zero-order chi connectivity index (χ0) is 31.6. The quantitative estimate of drug-likeness (QED) is 0.183. The summed E-state index contributed by atoms with van der Waals surface area (Å²) in [6.07, 6.45) is 0. The number of aromatic nitrogens is 1. The Morgan fingerprint density at radius 2 is 0.833 bits per heavy atom. The third-order valence-electron chi connectivity index (χ3n) is 9.80. The van der Waals surface area contributed by atoms with Crippen LogP contribution >= 0.6 is 11.3 Å². The molecule has 0 saturated heterocycles. The molecule has 1 nitrogen and oxygen atoms in total. The van der Waals surface area contributed by atoms with Gasteiger partial charge in [-0.1, -0.05) is 146 Å². The summed E-state index contributed by atoms with van der Waals surface area (Å²) in [6.45, 7) is 0. The molecule has 0 bridgehead atoms. The van der Waals surface area contributed by atoms with Gasteiger partial charge in [0, 0.05) is 31.9 Å². The second-order valence-electron chi connectivity index (χ2n) is 12.5. The highest BCUT2D eigenvalue weighted by Crippen LogP contribution is 2.48. The fourth-order valence-corrected chi connectivity index (χ4v) is 8.80. The summed E-state index contributed by atoms with van der Waals surface area (Å²) in [5.74, 6) is 0. The van der Waals surface area contributed by atoms with E-state index >= 15 is 0 Å². The van der Waals surface area contributed by atoms with Crippen molar-refractivity contribution in [3.63, 3.8) is 0 Å². The van der Waals surface area contributed by atoms with Crippen molar-refractivity contribution >= 4 is 64.1 Å². The van der Waals surface area contributed by atoms with Crippen LogP contribution in [0.1, 0.15) is 0 Å². The first-order chi connectivity index (χ1) is 23.8. The van der Waals surface area contributed by atoms with Gasteiger partial charge in [-0.3, -0.25) is 0 Å². The second kappa shape index (κ2) is 10.8. The minimum atomic E-state index is 1.17. The van der Waals surface area contributed by atoms with E-state index in [4.69, 9.17) is 0 Å². The van der Waals surface area contributed by atoms with Crippen molar-refractivity contribution in [2.45, 2.75) is 0 Å². The summed E-state index contributed by atoms with van der Waals surface area (Å²) in [6, 6.07) is 64.2. The van der Waals surface area contributed by atoms with Crippen molar-refractivity contribution in [1.82, 2.24) is 4.57 Å². The van der Waals surface area contributed by atoms with Gasteiger partial charge in [-0.2, -0.15) is 0 Å². The zero-order valence-electron chi connectivity index (χ0n) is 26.1. The first kappa shape index (κ1) is 27.2. The first-order valence-corrected chi connectivity index (χ1v) is 17.3. The molecular weight excluding hydrogens is 599 g/mol. The molecule has 224 valence electrons. The third kappa shape index (κ3) is 4.17. The topological polar surface area (TPSA) is 4.93 Å². The van der Waals surface area contributed by atoms with Crippen molar-refractivity contribution in [2.24, 2.45) is 0 Å². The molecular formula is C46H29NS. The predicted octanol–water partition coefficient (Wildman–Crippen LogP) is 13.3. The lowest BCUT2D eigenvalue weighted by Crippen LogP contribution is -1.94. The molecule has 0 atom stereocenters. The monoisotopic (exact) mass is 627 g/mol. The molecule has 2 heteroatoms. The Labute approximate surface area is 282 Å². The zero-order valence-corrected chi connectivity index (χ0v) is 26.9. The fraction of sp³-hybridized carbons (Fsp3) is 0. The summed E-state index contributed by atoms with van der Waals surface area (Å²) in [5, 5.41) is 7.87. The Morgan fingerprint density at radius 3 is 1.48 bits per heavy atom. The minimum absolute atomic E-state index is 1.17. The number of benzene rings is 8. The van der Waals surface area contributed by atoms with Crippen molar-refractivity contribution in [1.29, 1.82) is 0 Å². The molecule has 48 heavy (non-hydrogen) atoms. The number of fused-ring (bicyclic) bond motifs is 10. The van der Waals surface area contributed by atoms with Gasteiger partial charge in [-0.15, -0.1) is 11.3 Å². The van der Waals surface area contributed by atoms with Crippen LogP contribution in [0.3, 0.4) is 0 Å². The van der Waals surface area contributed by atoms with E-state index in [1.807, 2.05) is 11.3 Å². The van der Waals surface area contributed by atoms with Gasteiger partial charge in [-0.05, 0) is 74.5 Å². The number of hydrogen-bond donors (Lipinski definition) is 0. The van der Waals surface area contributed by atoms with E-state index in [0.717, 1.165) is 0 Å². The standard InChI is InChI=1S/C46H29NS/c1-3-11-30(12-4-1)32-19-21-34(22-20-32)35-25-28-41-40(29-35)43-37-15-7-8-16-38(37)44-39-17-9-10-18-42(39)48-46(44)45(43)47(41)36-26-23-33(24-27-36)31-13-5-2-6-14-31/h1-29H. The molecule has 8 aromatic carbocycles. The van der Waals surface area contributed by atoms with Crippen molar-refractivity contribution in [3.8, 4) is 39.1 Å². The molecule has 0 radical (unpaired) electrons. The van der Waals surface area contributed by atoms with Crippen LogP contribution in [0.15, 0.2) is 176 Å². The maximum absolute atomic E-state index is 2.51. The van der Waals surface area contributed by atoms with Gasteiger partial charge in [0.15, 0.2) is 0 Å². The molecule has 0 unspecified atom stereocenters. The predicted molar refractivity (Wildman–Crippen MR) is 207 cm³/mol. The second-order valence-corrected chi connectivity index (χ2v) is 13.5. The van der Waals surface area contributed by atoms with E-state index < -0.39 is 0 Å². The van der Waals surface area contributed by atoms with Crippen LogP contribution in [-0.2, 0) is 0 Å². The number of hydrogen-bond acceptors (Lipinski definition) is 1. The molecule has 0 N–H and O–H groups in total. The molecule has 0 amide bonds. The Bertz CT molecular complexity index is 2790. The first-order valence-electron chi connectivity index (χ1n) is 16.4. The molecule has 10 rings (SSSR count). The molecule has 2 aromatic heterocycles. The smallest absolute Gasteiger partial charge is 0.0726 e. The van der Waals surface area contributed by atoms with E-state index in [1.54, 1.807) is 0 Å². The van der Waals surface area contributed by atoms with Gasteiger partial charge in [0.25, 0.3) is 0 Å². The summed E-state index contributed by atoms with van der Waals surface area (Å²) in [4.78, 5) is 0. The van der Waals surface area contributed by atoms with Crippen LogP contribution in [0.4, 0.5) is 0 Å². The van der Waals surface area contributed by atoms with Gasteiger partial charge in [0.2, 0.25) is 0 Å². The Morgan fingerprint density at radius 1 is 0.354 bits per heavy atom. The SMILES string of the molecule is c1ccc(-c2ccc(-c3ccc4c(c3)c3c5ccccc5c5c6ccccc6sc5c3n4-c3ccc(-c4ccccc4)cc3)cc2)cc1. The van der Waals surface area contributed by atoms with Crippen LogP contribution in [-0.4, -0.2) is 4.57 Å². The Balaban J connectivity index is 1.27. The normalized spacial score (nSPS) is 11.8. The highest BCUT2D eigenvalue weighted by atomic mass is 32.1. The lowest BCUT2D eigenvalue weighted by Gasteiger charge is -2.11. The average Bonchev–Trinajstić information content (AvgIpc) is 3.72. The Kier molecular flexibility index (Phi) is 6.12. The van der Waals surface area contributed by atoms with Crippen LogP contribution in [0, 0.1) is 0 Å². The van der Waals surface area contributed by atoms with Gasteiger partial charge in [-0.25, -0.2) is 0 Å². The van der Waals surface area contributed by atoms with Gasteiger partial charge >= 0.3 is 0 Å². The molecule has 0 aliphatic carbocycles. The van der Waals surface area contributed by atoms with Crippen molar-refractivity contribution < 1.29 is 0 Å². The van der Waals surface area contributed by atoms with Gasteiger partial charge in [0.05, 0.1) is 15.7 Å². The van der Waals surface area contributed by atoms with Gasteiger partial charge < -0.3 is 4.57 Å². The summed E-state index contributed by atoms with van der Waals surface area (Å²) in [7, 11) is 0. The van der Waals surface area contributed by atoms with E-state index in [2.05, 4.69) is 180 Å². The Hall–Kier alpha value is -5.96. The molecule has 0 spiro atoms. The molecule has 0 fully saturated rings. The average molecular weight is 628 g/mol. The summed E-state index contributed by atoms with van der Waals surface area (Å²) >= 11 is 1.91. The maximum atomic E-state index is 2.51. The minimum Gasteiger partial charge on any atom is -0.308 e. The number of thiophene rings is 1. The highest BCUT2D eigenvalue weighted by Gasteiger charge is 2.22. The lowest BCUT2D eigenvalue weighted by molar-refractivity contribution is 1.19. The molecule has 2 heterocycles. The molecule has 10 aromatic rings. The highest BCUT2D eigenvalue weighted by molar-refractivity contribution is 7.27. The van der Waals surface area contributed by atoms with E-state index in [1.165, 1.54) is 91.8 Å². The van der Waals surface area contributed by atoms with E-state index in [-0.39, 0.29) is 0 Å². The number of rotatable bonds is 4. The number of nitrogens with zero attached hydrogens (tertiary/aromatic N) is 1. The van der Waals surface area contributed by atoms with Crippen LogP contribution < -0.4 is 0 Å². The van der Waals surface area contributed by atoms with Crippen LogP contribution in [0.2, 0.25) is 0 Å².